The zero-order valence-electron chi connectivity index (χ0n) is 12.5. The highest BCUT2D eigenvalue weighted by Crippen LogP contribution is 2.48. The maximum absolute atomic E-state index is 12.3. The van der Waals surface area contributed by atoms with Crippen molar-refractivity contribution in [2.45, 2.75) is 25.6 Å². The van der Waals surface area contributed by atoms with Crippen molar-refractivity contribution in [1.82, 2.24) is 10.2 Å². The molecule has 3 rings (SSSR count). The maximum atomic E-state index is 12.3. The summed E-state index contributed by atoms with van der Waals surface area (Å²) in [7, 11) is 1.32. The van der Waals surface area contributed by atoms with E-state index in [-0.39, 0.29) is 11.0 Å². The first-order valence-electron chi connectivity index (χ1n) is 6.87. The minimum absolute atomic E-state index is 0.241. The van der Waals surface area contributed by atoms with Gasteiger partial charge in [0.25, 0.3) is 0 Å². The molecule has 0 spiro atoms. The predicted octanol–water partition coefficient (Wildman–Crippen LogP) is 1.36. The Kier molecular flexibility index (Phi) is 3.32. The van der Waals surface area contributed by atoms with Crippen molar-refractivity contribution in [1.29, 1.82) is 0 Å². The Morgan fingerprint density at radius 1 is 1.41 bits per heavy atom. The zero-order chi connectivity index (χ0) is 16.1. The number of carbonyl (C=O) groups is 2. The van der Waals surface area contributed by atoms with Gasteiger partial charge in [0.1, 0.15) is 11.7 Å². The fraction of sp³-hybridized carbons (Fsp3) is 0.400. The van der Waals surface area contributed by atoms with Gasteiger partial charge in [-0.25, -0.2) is 0 Å². The lowest BCUT2D eigenvalue weighted by atomic mass is 9.79. The van der Waals surface area contributed by atoms with Crippen LogP contribution in [0.4, 0.5) is 0 Å². The van der Waals surface area contributed by atoms with E-state index in [0.29, 0.717) is 5.75 Å². The number of ether oxygens (including phenoxy) is 2. The van der Waals surface area contributed by atoms with E-state index in [4.69, 9.17) is 21.7 Å². The summed E-state index contributed by atoms with van der Waals surface area (Å²) >= 11 is 5.30. The largest absolute Gasteiger partial charge is 0.469 e. The summed E-state index contributed by atoms with van der Waals surface area (Å²) in [4.78, 5) is 25.8. The van der Waals surface area contributed by atoms with Crippen LogP contribution in [0.15, 0.2) is 24.3 Å². The summed E-state index contributed by atoms with van der Waals surface area (Å²) < 4.78 is 10.9. The number of hydrogen-bond acceptors (Lipinski definition) is 5. The van der Waals surface area contributed by atoms with Crippen molar-refractivity contribution in [2.24, 2.45) is 5.92 Å². The van der Waals surface area contributed by atoms with Crippen LogP contribution in [0.3, 0.4) is 0 Å². The minimum Gasteiger partial charge on any atom is -0.469 e. The Hall–Kier alpha value is -2.15. The van der Waals surface area contributed by atoms with E-state index in [1.165, 1.54) is 18.9 Å². The lowest BCUT2D eigenvalue weighted by molar-refractivity contribution is -0.165. The molecule has 3 atom stereocenters. The molecule has 1 N–H and O–H groups in total. The Morgan fingerprint density at radius 2 is 2.09 bits per heavy atom. The lowest BCUT2D eigenvalue weighted by Gasteiger charge is -2.53. The van der Waals surface area contributed by atoms with Gasteiger partial charge in [0, 0.05) is 12.5 Å². The van der Waals surface area contributed by atoms with Crippen molar-refractivity contribution in [2.75, 3.05) is 7.11 Å². The second kappa shape index (κ2) is 4.95. The number of rotatable bonds is 1. The van der Waals surface area contributed by atoms with Gasteiger partial charge >= 0.3 is 5.97 Å². The third-order valence-electron chi connectivity index (χ3n) is 4.12. The van der Waals surface area contributed by atoms with Gasteiger partial charge in [-0.3, -0.25) is 14.5 Å². The van der Waals surface area contributed by atoms with Gasteiger partial charge in [-0.05, 0) is 25.2 Å². The van der Waals surface area contributed by atoms with Crippen molar-refractivity contribution in [3.05, 3.63) is 29.8 Å². The number of para-hydroxylation sites is 1. The first-order valence-corrected chi connectivity index (χ1v) is 7.27. The molecule has 1 aromatic rings. The van der Waals surface area contributed by atoms with Crippen LogP contribution in [0.1, 0.15) is 25.5 Å². The maximum Gasteiger partial charge on any atom is 0.317 e. The number of carbonyl (C=O) groups excluding carboxylic acids is 2. The SMILES string of the molecule is COC(=O)[C@H]1[C@@H]2c3ccccc3O[C@@]1(C)NC(=S)N2C(C)=O. The van der Waals surface area contributed by atoms with Crippen LogP contribution in [0.5, 0.6) is 5.75 Å². The molecule has 2 heterocycles. The van der Waals surface area contributed by atoms with Gasteiger partial charge in [0.2, 0.25) is 5.91 Å². The van der Waals surface area contributed by atoms with E-state index in [1.807, 2.05) is 24.3 Å². The number of methoxy groups -OCH3 is 1. The van der Waals surface area contributed by atoms with E-state index in [0.717, 1.165) is 5.56 Å². The molecule has 1 fully saturated rings. The molecule has 1 amide bonds. The van der Waals surface area contributed by atoms with Gasteiger partial charge in [-0.15, -0.1) is 0 Å². The topological polar surface area (TPSA) is 67.9 Å². The molecule has 1 aromatic carbocycles. The quantitative estimate of drug-likeness (QED) is 0.622. The van der Waals surface area contributed by atoms with E-state index in [9.17, 15) is 9.59 Å². The van der Waals surface area contributed by atoms with E-state index < -0.39 is 23.7 Å². The predicted molar refractivity (Wildman–Crippen MR) is 82.0 cm³/mol. The summed E-state index contributed by atoms with van der Waals surface area (Å²) in [5.41, 5.74) is -0.316. The van der Waals surface area contributed by atoms with Crippen LogP contribution in [0.2, 0.25) is 0 Å². The third-order valence-corrected chi connectivity index (χ3v) is 4.41. The molecular weight excluding hydrogens is 304 g/mol. The summed E-state index contributed by atoms with van der Waals surface area (Å²) in [5.74, 6) is -0.794. The molecule has 0 aromatic heterocycles. The first kappa shape index (κ1) is 14.8. The number of benzene rings is 1. The fourth-order valence-corrected chi connectivity index (χ4v) is 3.65. The van der Waals surface area contributed by atoms with Crippen LogP contribution >= 0.6 is 12.2 Å². The summed E-state index contributed by atoms with van der Waals surface area (Å²) in [6.45, 7) is 3.16. The molecule has 6 nitrogen and oxygen atoms in total. The molecular formula is C15H16N2O4S. The van der Waals surface area contributed by atoms with Gasteiger partial charge in [0.15, 0.2) is 10.8 Å². The lowest BCUT2D eigenvalue weighted by Crippen LogP contribution is -2.71. The van der Waals surface area contributed by atoms with Crippen LogP contribution in [-0.2, 0) is 14.3 Å². The highest BCUT2D eigenvalue weighted by Gasteiger charge is 2.58. The van der Waals surface area contributed by atoms with Gasteiger partial charge in [0.05, 0.1) is 13.2 Å². The highest BCUT2D eigenvalue weighted by molar-refractivity contribution is 7.80. The standard InChI is InChI=1S/C15H16N2O4S/c1-8(18)17-12-9-6-4-5-7-10(9)21-15(2,16-14(17)22)11(12)13(19)20-3/h4-7,11-12H,1-3H3,(H,16,22)/t11-,12+,15-/m1/s1. The molecule has 1 saturated heterocycles. The molecule has 0 saturated carbocycles. The van der Waals surface area contributed by atoms with Crippen molar-refractivity contribution < 1.29 is 19.1 Å². The molecule has 116 valence electrons. The van der Waals surface area contributed by atoms with Crippen LogP contribution < -0.4 is 10.1 Å². The van der Waals surface area contributed by atoms with Gasteiger partial charge in [-0.1, -0.05) is 18.2 Å². The highest BCUT2D eigenvalue weighted by atomic mass is 32.1. The van der Waals surface area contributed by atoms with E-state index >= 15 is 0 Å². The molecule has 2 aliphatic heterocycles. The van der Waals surface area contributed by atoms with Crippen LogP contribution in [0, 0.1) is 5.92 Å². The van der Waals surface area contributed by atoms with Gasteiger partial charge < -0.3 is 14.8 Å². The second-order valence-corrected chi connectivity index (χ2v) is 5.90. The third kappa shape index (κ3) is 1.96. The normalized spacial score (nSPS) is 29.0. The Labute approximate surface area is 133 Å². The average Bonchev–Trinajstić information content (AvgIpc) is 2.44. The first-order chi connectivity index (χ1) is 10.4. The van der Waals surface area contributed by atoms with E-state index in [1.54, 1.807) is 6.92 Å². The number of hydrogen-bond donors (Lipinski definition) is 1. The Balaban J connectivity index is 2.23. The smallest absolute Gasteiger partial charge is 0.317 e. The number of fused-ring (bicyclic) bond motifs is 4. The molecule has 0 aliphatic carbocycles. The summed E-state index contributed by atoms with van der Waals surface area (Å²) in [6, 6.07) is 6.77. The molecule has 0 radical (unpaired) electrons. The summed E-state index contributed by atoms with van der Waals surface area (Å²) in [6.07, 6.45) is 0. The fourth-order valence-electron chi connectivity index (χ4n) is 3.20. The Bertz CT molecular complexity index is 677. The summed E-state index contributed by atoms with van der Waals surface area (Å²) in [5, 5.41) is 3.22. The monoisotopic (exact) mass is 320 g/mol. The second-order valence-electron chi connectivity index (χ2n) is 5.51. The number of thiocarbonyl (C=S) groups is 1. The average molecular weight is 320 g/mol. The molecule has 7 heteroatoms. The molecule has 2 bridgehead atoms. The molecule has 2 aliphatic rings. The molecule has 0 unspecified atom stereocenters. The van der Waals surface area contributed by atoms with Gasteiger partial charge in [-0.2, -0.15) is 0 Å². The number of amides is 1. The van der Waals surface area contributed by atoms with Crippen molar-refractivity contribution >= 4 is 29.2 Å². The Morgan fingerprint density at radius 3 is 2.73 bits per heavy atom. The van der Waals surface area contributed by atoms with Crippen molar-refractivity contribution in [3.8, 4) is 5.75 Å². The number of nitrogens with one attached hydrogen (secondary N) is 1. The van der Waals surface area contributed by atoms with E-state index in [2.05, 4.69) is 5.32 Å². The zero-order valence-corrected chi connectivity index (χ0v) is 13.3. The number of nitrogens with zero attached hydrogens (tertiary/aromatic N) is 1. The minimum atomic E-state index is -1.06. The van der Waals surface area contributed by atoms with Crippen LogP contribution in [-0.4, -0.2) is 34.7 Å². The number of esters is 1. The van der Waals surface area contributed by atoms with Crippen molar-refractivity contribution in [3.63, 3.8) is 0 Å². The van der Waals surface area contributed by atoms with Crippen LogP contribution in [0.25, 0.3) is 0 Å². The molecule has 22 heavy (non-hydrogen) atoms.